The SMILES string of the molecule is CC(O)C[NH+](CC(C)O)CC(C)O.C[NH+](C)CCO. The van der Waals surface area contributed by atoms with E-state index in [9.17, 15) is 0 Å². The smallest absolute Gasteiger partial charge is 0.103 e. The predicted octanol–water partition coefficient (Wildman–Crippen LogP) is -3.86. The quantitative estimate of drug-likeness (QED) is 0.275. The van der Waals surface area contributed by atoms with Gasteiger partial charge in [-0.3, -0.25) is 0 Å². The van der Waals surface area contributed by atoms with E-state index in [1.807, 2.05) is 14.1 Å². The van der Waals surface area contributed by atoms with Crippen molar-refractivity contribution in [3.8, 4) is 0 Å². The fourth-order valence-corrected chi connectivity index (χ4v) is 1.73. The van der Waals surface area contributed by atoms with Crippen LogP contribution in [0.15, 0.2) is 0 Å². The van der Waals surface area contributed by atoms with Gasteiger partial charge in [-0.05, 0) is 20.8 Å². The third-order valence-electron chi connectivity index (χ3n) is 2.36. The van der Waals surface area contributed by atoms with Crippen molar-refractivity contribution in [1.82, 2.24) is 0 Å². The molecule has 0 aliphatic heterocycles. The summed E-state index contributed by atoms with van der Waals surface area (Å²) in [6.07, 6.45) is -1.19. The lowest BCUT2D eigenvalue weighted by Crippen LogP contribution is -3.15. The molecule has 0 fully saturated rings. The molecule has 0 heterocycles. The number of rotatable bonds is 8. The molecule has 0 amide bonds. The first-order chi connectivity index (χ1) is 8.68. The normalized spacial score (nSPS) is 17.4. The molecular weight excluding hydrogens is 248 g/mol. The van der Waals surface area contributed by atoms with Crippen molar-refractivity contribution in [2.24, 2.45) is 0 Å². The summed E-state index contributed by atoms with van der Waals surface area (Å²) in [6, 6.07) is 0. The van der Waals surface area contributed by atoms with Gasteiger partial charge in [-0.25, -0.2) is 0 Å². The number of aliphatic hydroxyl groups is 4. The Labute approximate surface area is 117 Å². The molecule has 0 saturated heterocycles. The molecule has 0 aromatic rings. The molecule has 3 atom stereocenters. The molecule has 0 rings (SSSR count). The molecule has 6 N–H and O–H groups in total. The van der Waals surface area contributed by atoms with Gasteiger partial charge >= 0.3 is 0 Å². The van der Waals surface area contributed by atoms with Crippen LogP contribution in [-0.4, -0.2) is 85.6 Å². The van der Waals surface area contributed by atoms with Crippen LogP contribution in [-0.2, 0) is 0 Å². The summed E-state index contributed by atoms with van der Waals surface area (Å²) >= 11 is 0. The van der Waals surface area contributed by atoms with E-state index < -0.39 is 18.3 Å². The van der Waals surface area contributed by atoms with Gasteiger partial charge in [-0.2, -0.15) is 0 Å². The molecule has 6 heteroatoms. The Morgan fingerprint density at radius 2 is 1.11 bits per heavy atom. The van der Waals surface area contributed by atoms with Crippen molar-refractivity contribution < 1.29 is 30.2 Å². The molecular formula is C13H34N2O4+2. The van der Waals surface area contributed by atoms with Crippen LogP contribution in [0.5, 0.6) is 0 Å². The Kier molecular flexibility index (Phi) is 14.2. The zero-order valence-corrected chi connectivity index (χ0v) is 13.1. The maximum atomic E-state index is 9.16. The van der Waals surface area contributed by atoms with Crippen LogP contribution in [0, 0.1) is 0 Å². The lowest BCUT2D eigenvalue weighted by molar-refractivity contribution is -0.908. The summed E-state index contributed by atoms with van der Waals surface area (Å²) in [7, 11) is 4.02. The first-order valence-corrected chi connectivity index (χ1v) is 6.96. The molecule has 118 valence electrons. The van der Waals surface area contributed by atoms with Gasteiger partial charge in [-0.15, -0.1) is 0 Å². The van der Waals surface area contributed by atoms with E-state index in [0.717, 1.165) is 11.4 Å². The molecule has 6 nitrogen and oxygen atoms in total. The van der Waals surface area contributed by atoms with Crippen molar-refractivity contribution in [1.29, 1.82) is 0 Å². The van der Waals surface area contributed by atoms with E-state index in [4.69, 9.17) is 20.4 Å². The minimum absolute atomic E-state index is 0.294. The Balaban J connectivity index is 0. The van der Waals surface area contributed by atoms with Crippen molar-refractivity contribution in [3.63, 3.8) is 0 Å². The zero-order chi connectivity index (χ0) is 15.4. The average Bonchev–Trinajstić information content (AvgIpc) is 2.13. The lowest BCUT2D eigenvalue weighted by atomic mass is 10.2. The van der Waals surface area contributed by atoms with Crippen LogP contribution >= 0.6 is 0 Å². The number of quaternary nitrogens is 2. The second-order valence-electron chi connectivity index (χ2n) is 5.59. The lowest BCUT2D eigenvalue weighted by Gasteiger charge is -2.23. The molecule has 0 aromatic carbocycles. The third-order valence-corrected chi connectivity index (χ3v) is 2.36. The van der Waals surface area contributed by atoms with E-state index in [2.05, 4.69) is 0 Å². The Morgan fingerprint density at radius 1 is 0.789 bits per heavy atom. The first kappa shape index (κ1) is 21.1. The van der Waals surface area contributed by atoms with Gasteiger partial charge in [0, 0.05) is 0 Å². The predicted molar refractivity (Wildman–Crippen MR) is 75.4 cm³/mol. The van der Waals surface area contributed by atoms with Crippen molar-refractivity contribution in [2.45, 2.75) is 39.1 Å². The summed E-state index contributed by atoms with van der Waals surface area (Å²) in [5.41, 5.74) is 0. The van der Waals surface area contributed by atoms with Crippen LogP contribution < -0.4 is 9.80 Å². The second-order valence-corrected chi connectivity index (χ2v) is 5.59. The topological polar surface area (TPSA) is 89.8 Å². The minimum Gasteiger partial charge on any atom is -0.391 e. The van der Waals surface area contributed by atoms with Crippen LogP contribution in [0.3, 0.4) is 0 Å². The van der Waals surface area contributed by atoms with E-state index in [-0.39, 0.29) is 0 Å². The van der Waals surface area contributed by atoms with Crippen LogP contribution in [0.4, 0.5) is 0 Å². The van der Waals surface area contributed by atoms with E-state index >= 15 is 0 Å². The number of nitrogens with one attached hydrogen (secondary N) is 2. The minimum atomic E-state index is -0.396. The van der Waals surface area contributed by atoms with E-state index in [1.54, 1.807) is 20.8 Å². The highest BCUT2D eigenvalue weighted by molar-refractivity contribution is 4.48. The fraction of sp³-hybridized carbons (Fsp3) is 1.00. The first-order valence-electron chi connectivity index (χ1n) is 6.96. The molecule has 0 aromatic heterocycles. The Morgan fingerprint density at radius 3 is 1.21 bits per heavy atom. The van der Waals surface area contributed by atoms with Gasteiger partial charge in [-0.1, -0.05) is 0 Å². The number of aliphatic hydroxyl groups excluding tert-OH is 4. The van der Waals surface area contributed by atoms with Crippen LogP contribution in [0.25, 0.3) is 0 Å². The number of hydrogen-bond acceptors (Lipinski definition) is 4. The maximum Gasteiger partial charge on any atom is 0.103 e. The van der Waals surface area contributed by atoms with Gasteiger partial charge in [0.1, 0.15) is 44.5 Å². The molecule has 0 aliphatic rings. The van der Waals surface area contributed by atoms with Crippen LogP contribution in [0.1, 0.15) is 20.8 Å². The third kappa shape index (κ3) is 20.2. The van der Waals surface area contributed by atoms with Gasteiger partial charge in [0.15, 0.2) is 0 Å². The summed E-state index contributed by atoms with van der Waals surface area (Å²) in [4.78, 5) is 2.32. The molecule has 0 radical (unpaired) electrons. The highest BCUT2D eigenvalue weighted by Crippen LogP contribution is 1.77. The second kappa shape index (κ2) is 12.8. The monoisotopic (exact) mass is 282 g/mol. The summed E-state index contributed by atoms with van der Waals surface area (Å²) in [5.74, 6) is 0. The fourth-order valence-electron chi connectivity index (χ4n) is 1.73. The molecule has 0 bridgehead atoms. The average molecular weight is 282 g/mol. The molecule has 0 saturated carbocycles. The van der Waals surface area contributed by atoms with Crippen LogP contribution in [0.2, 0.25) is 0 Å². The summed E-state index contributed by atoms with van der Waals surface area (Å²) in [6.45, 7) is 7.97. The highest BCUT2D eigenvalue weighted by Gasteiger charge is 2.16. The molecule has 19 heavy (non-hydrogen) atoms. The Hall–Kier alpha value is -0.240. The van der Waals surface area contributed by atoms with Gasteiger partial charge in [0.25, 0.3) is 0 Å². The number of likely N-dealkylation sites (N-methyl/N-ethyl adjacent to an activating group) is 1. The van der Waals surface area contributed by atoms with Crippen molar-refractivity contribution in [2.75, 3.05) is 46.9 Å². The molecule has 3 unspecified atom stereocenters. The summed E-state index contributed by atoms with van der Waals surface area (Å²) < 4.78 is 0. The molecule has 0 aliphatic carbocycles. The largest absolute Gasteiger partial charge is 0.391 e. The molecule has 0 spiro atoms. The van der Waals surface area contributed by atoms with Gasteiger partial charge in [0.2, 0.25) is 0 Å². The van der Waals surface area contributed by atoms with E-state index in [0.29, 0.717) is 26.2 Å². The van der Waals surface area contributed by atoms with E-state index in [1.165, 1.54) is 4.90 Å². The number of hydrogen-bond donors (Lipinski definition) is 6. The highest BCUT2D eigenvalue weighted by atomic mass is 16.3. The van der Waals surface area contributed by atoms with Crippen molar-refractivity contribution >= 4 is 0 Å². The summed E-state index contributed by atoms with van der Waals surface area (Å²) in [5, 5.41) is 35.7. The standard InChI is InChI=1S/C9H21NO3.C4H11NO/c1-7(11)4-10(5-8(2)12)6-9(3)13;1-5(2)3-4-6/h7-9,11-13H,4-6H2,1-3H3;6H,3-4H2,1-2H3/p+2. The Bertz CT molecular complexity index is 164. The zero-order valence-electron chi connectivity index (χ0n) is 13.1. The van der Waals surface area contributed by atoms with Gasteiger partial charge in [0.05, 0.1) is 20.7 Å². The van der Waals surface area contributed by atoms with Gasteiger partial charge < -0.3 is 30.2 Å². The maximum absolute atomic E-state index is 9.16. The van der Waals surface area contributed by atoms with Crippen molar-refractivity contribution in [3.05, 3.63) is 0 Å².